The SMILES string of the molecule is CCOC(=O)c1cccc(Nc2ncnc(Nc3ccc(C(=O)OC)cc3)c2[N+](=O)[O-])c1. The van der Waals surface area contributed by atoms with Gasteiger partial charge in [-0.25, -0.2) is 19.6 Å². The van der Waals surface area contributed by atoms with Gasteiger partial charge in [-0.2, -0.15) is 0 Å². The lowest BCUT2D eigenvalue weighted by atomic mass is 10.2. The highest BCUT2D eigenvalue weighted by Gasteiger charge is 2.23. The van der Waals surface area contributed by atoms with E-state index in [9.17, 15) is 19.7 Å². The zero-order valence-electron chi connectivity index (χ0n) is 17.2. The number of hydrogen-bond donors (Lipinski definition) is 2. The molecule has 0 saturated carbocycles. The number of nitrogens with zero attached hydrogens (tertiary/aromatic N) is 3. The summed E-state index contributed by atoms with van der Waals surface area (Å²) in [6.07, 6.45) is 1.16. The number of rotatable bonds is 8. The molecule has 0 radical (unpaired) electrons. The van der Waals surface area contributed by atoms with E-state index in [4.69, 9.17) is 4.74 Å². The molecule has 3 aromatic rings. The van der Waals surface area contributed by atoms with Crippen molar-refractivity contribution in [3.63, 3.8) is 0 Å². The minimum Gasteiger partial charge on any atom is -0.465 e. The highest BCUT2D eigenvalue weighted by molar-refractivity contribution is 5.91. The third-order valence-corrected chi connectivity index (χ3v) is 4.21. The van der Waals surface area contributed by atoms with Crippen LogP contribution in [0.4, 0.5) is 28.7 Å². The van der Waals surface area contributed by atoms with E-state index in [1.807, 2.05) is 0 Å². The average Bonchev–Trinajstić information content (AvgIpc) is 2.79. The second-order valence-corrected chi connectivity index (χ2v) is 6.30. The highest BCUT2D eigenvalue weighted by Crippen LogP contribution is 2.33. The van der Waals surface area contributed by atoms with E-state index >= 15 is 0 Å². The Balaban J connectivity index is 1.89. The number of carbonyl (C=O) groups excluding carboxylic acids is 2. The Labute approximate surface area is 182 Å². The van der Waals surface area contributed by atoms with E-state index in [1.54, 1.807) is 37.3 Å². The number of aromatic nitrogens is 2. The Morgan fingerprint density at radius 3 is 2.22 bits per heavy atom. The van der Waals surface area contributed by atoms with Crippen LogP contribution in [0.2, 0.25) is 0 Å². The first-order valence-corrected chi connectivity index (χ1v) is 9.42. The number of anilines is 4. The lowest BCUT2D eigenvalue weighted by Gasteiger charge is -2.11. The molecule has 2 N–H and O–H groups in total. The molecule has 2 aromatic carbocycles. The molecule has 0 bridgehead atoms. The monoisotopic (exact) mass is 437 g/mol. The summed E-state index contributed by atoms with van der Waals surface area (Å²) in [6, 6.07) is 12.5. The van der Waals surface area contributed by atoms with E-state index < -0.39 is 22.5 Å². The normalized spacial score (nSPS) is 10.2. The summed E-state index contributed by atoms with van der Waals surface area (Å²) < 4.78 is 9.62. The van der Waals surface area contributed by atoms with Gasteiger partial charge in [-0.15, -0.1) is 0 Å². The molecule has 0 unspecified atom stereocenters. The fraction of sp³-hybridized carbons (Fsp3) is 0.143. The molecule has 1 heterocycles. The topological polar surface area (TPSA) is 146 Å². The van der Waals surface area contributed by atoms with Crippen LogP contribution in [-0.4, -0.2) is 40.5 Å². The standard InChI is InChI=1S/C21H19N5O6/c1-3-32-21(28)14-5-4-6-16(11-14)25-19-17(26(29)30)18(22-12-23-19)24-15-9-7-13(8-10-15)20(27)31-2/h4-12H,3H2,1-2H3,(H2,22,23,24,25). The smallest absolute Gasteiger partial charge is 0.353 e. The maximum absolute atomic E-state index is 11.9. The minimum absolute atomic E-state index is 0.0557. The molecule has 0 spiro atoms. The van der Waals surface area contributed by atoms with Gasteiger partial charge in [-0.1, -0.05) is 6.07 Å². The summed E-state index contributed by atoms with van der Waals surface area (Å²) in [4.78, 5) is 42.6. The van der Waals surface area contributed by atoms with Crippen molar-refractivity contribution in [1.29, 1.82) is 0 Å². The highest BCUT2D eigenvalue weighted by atomic mass is 16.6. The van der Waals surface area contributed by atoms with Gasteiger partial charge in [0.25, 0.3) is 0 Å². The Kier molecular flexibility index (Phi) is 6.91. The molecule has 11 heteroatoms. The van der Waals surface area contributed by atoms with Crippen molar-refractivity contribution < 1.29 is 24.0 Å². The van der Waals surface area contributed by atoms with E-state index in [0.717, 1.165) is 6.33 Å². The van der Waals surface area contributed by atoms with Crippen LogP contribution in [0.5, 0.6) is 0 Å². The van der Waals surface area contributed by atoms with Gasteiger partial charge in [-0.3, -0.25) is 10.1 Å². The van der Waals surface area contributed by atoms with Gasteiger partial charge in [0, 0.05) is 11.4 Å². The second kappa shape index (κ2) is 9.98. The molecular formula is C21H19N5O6. The first-order chi connectivity index (χ1) is 15.4. The van der Waals surface area contributed by atoms with E-state index in [2.05, 4.69) is 25.3 Å². The molecule has 0 amide bonds. The summed E-state index contributed by atoms with van der Waals surface area (Å²) in [5, 5.41) is 17.5. The Hall–Kier alpha value is -4.54. The quantitative estimate of drug-likeness (QED) is 0.303. The zero-order valence-corrected chi connectivity index (χ0v) is 17.2. The van der Waals surface area contributed by atoms with Crippen molar-refractivity contribution in [2.45, 2.75) is 6.92 Å². The largest absolute Gasteiger partial charge is 0.465 e. The molecule has 0 atom stereocenters. The van der Waals surface area contributed by atoms with Crippen LogP contribution in [0, 0.1) is 10.1 Å². The van der Waals surface area contributed by atoms with Gasteiger partial charge in [0.2, 0.25) is 11.6 Å². The molecule has 32 heavy (non-hydrogen) atoms. The zero-order chi connectivity index (χ0) is 23.1. The Bertz CT molecular complexity index is 1150. The maximum atomic E-state index is 11.9. The molecule has 0 aliphatic heterocycles. The molecule has 164 valence electrons. The predicted molar refractivity (Wildman–Crippen MR) is 115 cm³/mol. The molecule has 11 nitrogen and oxygen atoms in total. The number of nitro groups is 1. The summed E-state index contributed by atoms with van der Waals surface area (Å²) in [5.74, 6) is -1.13. The molecule has 0 aliphatic carbocycles. The molecule has 0 saturated heterocycles. The minimum atomic E-state index is -0.622. The number of ether oxygens (including phenoxy) is 2. The fourth-order valence-corrected chi connectivity index (χ4v) is 2.75. The van der Waals surface area contributed by atoms with Gasteiger partial charge in [0.05, 0.1) is 29.8 Å². The van der Waals surface area contributed by atoms with Crippen molar-refractivity contribution in [2.75, 3.05) is 24.4 Å². The van der Waals surface area contributed by atoms with Crippen molar-refractivity contribution in [3.8, 4) is 0 Å². The number of esters is 2. The third-order valence-electron chi connectivity index (χ3n) is 4.21. The number of carbonyl (C=O) groups is 2. The van der Waals surface area contributed by atoms with Gasteiger partial charge in [0.1, 0.15) is 6.33 Å². The summed E-state index contributed by atoms with van der Waals surface area (Å²) in [7, 11) is 1.27. The Morgan fingerprint density at radius 2 is 1.62 bits per heavy atom. The van der Waals surface area contributed by atoms with Crippen molar-refractivity contribution in [1.82, 2.24) is 9.97 Å². The first-order valence-electron chi connectivity index (χ1n) is 9.42. The first kappa shape index (κ1) is 22.2. The second-order valence-electron chi connectivity index (χ2n) is 6.30. The van der Waals surface area contributed by atoms with Crippen LogP contribution >= 0.6 is 0 Å². The number of benzene rings is 2. The van der Waals surface area contributed by atoms with Crippen LogP contribution in [0.15, 0.2) is 54.9 Å². The maximum Gasteiger partial charge on any atom is 0.353 e. The van der Waals surface area contributed by atoms with Crippen LogP contribution in [0.3, 0.4) is 0 Å². The van der Waals surface area contributed by atoms with Crippen LogP contribution in [0.1, 0.15) is 27.6 Å². The van der Waals surface area contributed by atoms with Gasteiger partial charge in [0.15, 0.2) is 0 Å². The number of nitrogens with one attached hydrogen (secondary N) is 2. The number of hydrogen-bond acceptors (Lipinski definition) is 10. The molecular weight excluding hydrogens is 418 g/mol. The van der Waals surface area contributed by atoms with E-state index in [0.29, 0.717) is 16.9 Å². The molecule has 1 aromatic heterocycles. The molecule has 0 aliphatic rings. The van der Waals surface area contributed by atoms with Crippen LogP contribution in [-0.2, 0) is 9.47 Å². The summed E-state index contributed by atoms with van der Waals surface area (Å²) in [5.41, 5.74) is 1.10. The molecule has 3 rings (SSSR count). The van der Waals surface area contributed by atoms with Crippen molar-refractivity contribution in [2.24, 2.45) is 0 Å². The van der Waals surface area contributed by atoms with E-state index in [1.165, 1.54) is 25.3 Å². The van der Waals surface area contributed by atoms with Crippen molar-refractivity contribution >= 4 is 40.6 Å². The Morgan fingerprint density at radius 1 is 0.969 bits per heavy atom. The summed E-state index contributed by atoms with van der Waals surface area (Å²) in [6.45, 7) is 1.92. The number of methoxy groups -OCH3 is 1. The van der Waals surface area contributed by atoms with E-state index in [-0.39, 0.29) is 23.8 Å². The van der Waals surface area contributed by atoms with Crippen LogP contribution in [0.25, 0.3) is 0 Å². The van der Waals surface area contributed by atoms with Crippen molar-refractivity contribution in [3.05, 3.63) is 76.1 Å². The average molecular weight is 437 g/mol. The van der Waals surface area contributed by atoms with Gasteiger partial charge < -0.3 is 20.1 Å². The van der Waals surface area contributed by atoms with Crippen LogP contribution < -0.4 is 10.6 Å². The lowest BCUT2D eigenvalue weighted by molar-refractivity contribution is -0.383. The summed E-state index contributed by atoms with van der Waals surface area (Å²) >= 11 is 0. The lowest BCUT2D eigenvalue weighted by Crippen LogP contribution is -2.07. The predicted octanol–water partition coefficient (Wildman–Crippen LogP) is 3.84. The third kappa shape index (κ3) is 5.14. The van der Waals surface area contributed by atoms with Gasteiger partial charge >= 0.3 is 17.6 Å². The van der Waals surface area contributed by atoms with Gasteiger partial charge in [-0.05, 0) is 49.4 Å². The molecule has 0 fully saturated rings. The fourth-order valence-electron chi connectivity index (χ4n) is 2.75.